The quantitative estimate of drug-likeness (QED) is 0.676. The first kappa shape index (κ1) is 17.2. The van der Waals surface area contributed by atoms with Crippen LogP contribution in [0.5, 0.6) is 0 Å². The zero-order chi connectivity index (χ0) is 15.7. The summed E-state index contributed by atoms with van der Waals surface area (Å²) in [6.45, 7) is 4.51. The highest BCUT2D eigenvalue weighted by molar-refractivity contribution is 5.79. The molecule has 21 heavy (non-hydrogen) atoms. The first-order valence-corrected chi connectivity index (χ1v) is 7.27. The molecule has 1 unspecified atom stereocenters. The summed E-state index contributed by atoms with van der Waals surface area (Å²) in [6.07, 6.45) is 1.10. The summed E-state index contributed by atoms with van der Waals surface area (Å²) >= 11 is 0. The van der Waals surface area contributed by atoms with E-state index in [1.54, 1.807) is 19.1 Å². The predicted octanol–water partition coefficient (Wildman–Crippen LogP) is 1.32. The fourth-order valence-corrected chi connectivity index (χ4v) is 1.94. The molecule has 1 rings (SSSR count). The van der Waals surface area contributed by atoms with Crippen LogP contribution in [0.1, 0.15) is 38.7 Å². The molecule has 0 heterocycles. The molecule has 1 aromatic rings. The third-order valence-corrected chi connectivity index (χ3v) is 3.15. The van der Waals surface area contributed by atoms with Crippen molar-refractivity contribution >= 4 is 11.8 Å². The van der Waals surface area contributed by atoms with Crippen molar-refractivity contribution in [1.82, 2.24) is 10.6 Å². The minimum absolute atomic E-state index is 0.0341. The van der Waals surface area contributed by atoms with Crippen LogP contribution in [0.2, 0.25) is 0 Å². The minimum Gasteiger partial charge on any atom is -0.385 e. The Bertz CT molecular complexity index is 458. The molecule has 0 aliphatic carbocycles. The summed E-state index contributed by atoms with van der Waals surface area (Å²) in [5, 5.41) is 15.7. The number of rotatable bonds is 8. The molecule has 3 N–H and O–H groups in total. The van der Waals surface area contributed by atoms with E-state index in [0.29, 0.717) is 12.1 Å². The molecule has 2 amide bonds. The topological polar surface area (TPSA) is 78.4 Å². The maximum atomic E-state index is 11.8. The molecule has 116 valence electrons. The van der Waals surface area contributed by atoms with E-state index in [1.807, 2.05) is 25.1 Å². The van der Waals surface area contributed by atoms with E-state index >= 15 is 0 Å². The molecule has 0 bridgehead atoms. The first-order valence-electron chi connectivity index (χ1n) is 7.27. The molecule has 1 aromatic carbocycles. The number of carbonyl (C=O) groups excluding carboxylic acids is 2. The van der Waals surface area contributed by atoms with Crippen molar-refractivity contribution in [3.63, 3.8) is 0 Å². The van der Waals surface area contributed by atoms with Crippen LogP contribution in [-0.4, -0.2) is 30.0 Å². The monoisotopic (exact) mass is 292 g/mol. The fourth-order valence-electron chi connectivity index (χ4n) is 1.94. The van der Waals surface area contributed by atoms with E-state index in [2.05, 4.69) is 10.6 Å². The second kappa shape index (κ2) is 8.42. The van der Waals surface area contributed by atoms with Crippen molar-refractivity contribution in [2.24, 2.45) is 0 Å². The Morgan fingerprint density at radius 2 is 1.71 bits per heavy atom. The lowest BCUT2D eigenvalue weighted by atomic mass is 9.92. The molecule has 0 aliphatic rings. The molecule has 5 nitrogen and oxygen atoms in total. The molecular formula is C16H24N2O3. The molecular weight excluding hydrogens is 268 g/mol. The summed E-state index contributed by atoms with van der Waals surface area (Å²) in [5.41, 5.74) is -0.517. The van der Waals surface area contributed by atoms with Crippen molar-refractivity contribution < 1.29 is 14.7 Å². The second-order valence-corrected chi connectivity index (χ2v) is 5.27. The molecule has 0 fully saturated rings. The number of amides is 2. The molecule has 0 aliphatic heterocycles. The van der Waals surface area contributed by atoms with Gasteiger partial charge in [-0.05, 0) is 18.9 Å². The van der Waals surface area contributed by atoms with Gasteiger partial charge in [-0.25, -0.2) is 0 Å². The largest absolute Gasteiger partial charge is 0.385 e. The van der Waals surface area contributed by atoms with Gasteiger partial charge in [-0.1, -0.05) is 37.3 Å². The number of hydrogen-bond donors (Lipinski definition) is 3. The minimum atomic E-state index is -1.21. The van der Waals surface area contributed by atoms with Gasteiger partial charge in [0.2, 0.25) is 11.8 Å². The van der Waals surface area contributed by atoms with Crippen LogP contribution in [0.4, 0.5) is 0 Å². The first-order chi connectivity index (χ1) is 9.95. The van der Waals surface area contributed by atoms with Crippen LogP contribution in [-0.2, 0) is 15.2 Å². The van der Waals surface area contributed by atoms with Gasteiger partial charge in [0.05, 0.1) is 12.0 Å². The van der Waals surface area contributed by atoms with Gasteiger partial charge in [0.1, 0.15) is 0 Å². The third-order valence-electron chi connectivity index (χ3n) is 3.15. The van der Waals surface area contributed by atoms with Crippen LogP contribution in [0, 0.1) is 0 Å². The average Bonchev–Trinajstić information content (AvgIpc) is 2.45. The van der Waals surface area contributed by atoms with Crippen molar-refractivity contribution in [3.05, 3.63) is 35.9 Å². The molecule has 1 atom stereocenters. The van der Waals surface area contributed by atoms with Gasteiger partial charge in [-0.15, -0.1) is 0 Å². The smallest absolute Gasteiger partial charge is 0.223 e. The van der Waals surface area contributed by atoms with Gasteiger partial charge in [-0.3, -0.25) is 9.59 Å². The second-order valence-electron chi connectivity index (χ2n) is 5.27. The Morgan fingerprint density at radius 1 is 1.10 bits per heavy atom. The Hall–Kier alpha value is -1.88. The highest BCUT2D eigenvalue weighted by Crippen LogP contribution is 2.23. The van der Waals surface area contributed by atoms with Gasteiger partial charge in [0, 0.05) is 19.5 Å². The number of benzene rings is 1. The predicted molar refractivity (Wildman–Crippen MR) is 81.6 cm³/mol. The van der Waals surface area contributed by atoms with E-state index < -0.39 is 5.60 Å². The maximum Gasteiger partial charge on any atom is 0.223 e. The maximum absolute atomic E-state index is 11.8. The zero-order valence-electron chi connectivity index (χ0n) is 12.7. The summed E-state index contributed by atoms with van der Waals surface area (Å²) in [4.78, 5) is 23.2. The molecule has 0 radical (unpaired) electrons. The van der Waals surface area contributed by atoms with E-state index in [4.69, 9.17) is 0 Å². The normalized spacial score (nSPS) is 13.3. The van der Waals surface area contributed by atoms with Gasteiger partial charge >= 0.3 is 0 Å². The van der Waals surface area contributed by atoms with Crippen LogP contribution in [0.25, 0.3) is 0 Å². The third kappa shape index (κ3) is 6.40. The molecule has 0 spiro atoms. The van der Waals surface area contributed by atoms with Crippen molar-refractivity contribution in [1.29, 1.82) is 0 Å². The summed E-state index contributed by atoms with van der Waals surface area (Å²) < 4.78 is 0. The number of nitrogens with one attached hydrogen (secondary N) is 2. The van der Waals surface area contributed by atoms with Gasteiger partial charge in [-0.2, -0.15) is 0 Å². The van der Waals surface area contributed by atoms with Crippen molar-refractivity contribution in [3.8, 4) is 0 Å². The van der Waals surface area contributed by atoms with Crippen LogP contribution >= 0.6 is 0 Å². The van der Waals surface area contributed by atoms with E-state index in [-0.39, 0.29) is 31.2 Å². The lowest BCUT2D eigenvalue weighted by Crippen LogP contribution is -2.35. The fraction of sp³-hybridized carbons (Fsp3) is 0.500. The standard InChI is InChI=1S/C16H24N2O3/c1-3-10-17-14(19)9-11-18-15(20)12-16(2,21)13-7-5-4-6-8-13/h4-8,21H,3,9-12H2,1-2H3,(H,17,19)(H,18,20). The highest BCUT2D eigenvalue weighted by Gasteiger charge is 2.26. The zero-order valence-corrected chi connectivity index (χ0v) is 12.7. The van der Waals surface area contributed by atoms with Crippen molar-refractivity contribution in [2.75, 3.05) is 13.1 Å². The van der Waals surface area contributed by atoms with Gasteiger partial charge < -0.3 is 15.7 Å². The van der Waals surface area contributed by atoms with Crippen molar-refractivity contribution in [2.45, 2.75) is 38.7 Å². The molecule has 0 saturated heterocycles. The molecule has 5 heteroatoms. The number of aliphatic hydroxyl groups is 1. The SMILES string of the molecule is CCCNC(=O)CCNC(=O)CC(C)(O)c1ccccc1. The Kier molecular flexibility index (Phi) is 6.88. The Labute approximate surface area is 125 Å². The van der Waals surface area contributed by atoms with Crippen LogP contribution in [0.3, 0.4) is 0 Å². The lowest BCUT2D eigenvalue weighted by Gasteiger charge is -2.23. The average molecular weight is 292 g/mol. The number of hydrogen-bond acceptors (Lipinski definition) is 3. The van der Waals surface area contributed by atoms with E-state index in [0.717, 1.165) is 6.42 Å². The van der Waals surface area contributed by atoms with Crippen LogP contribution < -0.4 is 10.6 Å². The van der Waals surface area contributed by atoms with Crippen LogP contribution in [0.15, 0.2) is 30.3 Å². The van der Waals surface area contributed by atoms with E-state index in [1.165, 1.54) is 0 Å². The number of carbonyl (C=O) groups is 2. The lowest BCUT2D eigenvalue weighted by molar-refractivity contribution is -0.126. The summed E-state index contributed by atoms with van der Waals surface area (Å²) in [5.74, 6) is -0.348. The molecule has 0 aromatic heterocycles. The summed E-state index contributed by atoms with van der Waals surface area (Å²) in [6, 6.07) is 9.06. The summed E-state index contributed by atoms with van der Waals surface area (Å²) in [7, 11) is 0. The Morgan fingerprint density at radius 3 is 2.33 bits per heavy atom. The Balaban J connectivity index is 2.35. The molecule has 0 saturated carbocycles. The van der Waals surface area contributed by atoms with Gasteiger partial charge in [0.15, 0.2) is 0 Å². The van der Waals surface area contributed by atoms with Gasteiger partial charge in [0.25, 0.3) is 0 Å². The highest BCUT2D eigenvalue weighted by atomic mass is 16.3. The van der Waals surface area contributed by atoms with E-state index in [9.17, 15) is 14.7 Å².